The number of hydrogen-bond donors (Lipinski definition) is 2. The largest absolute Gasteiger partial charge is 0.396 e. The van der Waals surface area contributed by atoms with E-state index >= 15 is 0 Å². The fourth-order valence-corrected chi connectivity index (χ4v) is 2.65. The summed E-state index contributed by atoms with van der Waals surface area (Å²) in [4.78, 5) is 2.36. The van der Waals surface area contributed by atoms with Crippen LogP contribution in [0, 0.1) is 5.92 Å². The van der Waals surface area contributed by atoms with Crippen LogP contribution in [0.5, 0.6) is 0 Å². The van der Waals surface area contributed by atoms with E-state index in [9.17, 15) is 10.2 Å². The fraction of sp³-hybridized carbons (Fsp3) is 0.600. The highest BCUT2D eigenvalue weighted by atomic mass is 16.3. The van der Waals surface area contributed by atoms with E-state index in [1.807, 2.05) is 30.3 Å². The number of aliphatic hydroxyl groups is 2. The molecule has 2 atom stereocenters. The van der Waals surface area contributed by atoms with Gasteiger partial charge in [-0.25, -0.2) is 0 Å². The molecule has 1 fully saturated rings. The number of piperidine rings is 1. The van der Waals surface area contributed by atoms with Crippen LogP contribution in [0.15, 0.2) is 30.3 Å². The maximum absolute atomic E-state index is 10.1. The zero-order valence-electron chi connectivity index (χ0n) is 10.8. The van der Waals surface area contributed by atoms with Gasteiger partial charge in [0.25, 0.3) is 0 Å². The Morgan fingerprint density at radius 1 is 1.28 bits per heavy atom. The quantitative estimate of drug-likeness (QED) is 0.836. The third-order valence-electron chi connectivity index (χ3n) is 3.76. The number of rotatable bonds is 5. The molecule has 1 aromatic rings. The van der Waals surface area contributed by atoms with Crippen LogP contribution in [0.2, 0.25) is 0 Å². The summed E-state index contributed by atoms with van der Waals surface area (Å²) < 4.78 is 0. The molecule has 1 unspecified atom stereocenters. The van der Waals surface area contributed by atoms with Crippen molar-refractivity contribution in [2.75, 3.05) is 26.2 Å². The number of likely N-dealkylation sites (tertiary alicyclic amines) is 1. The van der Waals surface area contributed by atoms with Crippen LogP contribution < -0.4 is 0 Å². The second-order valence-electron chi connectivity index (χ2n) is 5.21. The Balaban J connectivity index is 1.77. The summed E-state index contributed by atoms with van der Waals surface area (Å²) in [6.07, 6.45) is 2.68. The minimum absolute atomic E-state index is 0.289. The molecule has 0 aromatic heterocycles. The summed E-state index contributed by atoms with van der Waals surface area (Å²) >= 11 is 0. The average molecular weight is 249 g/mol. The molecule has 0 spiro atoms. The fourth-order valence-electron chi connectivity index (χ4n) is 2.65. The molecule has 0 bridgehead atoms. The van der Waals surface area contributed by atoms with Crippen molar-refractivity contribution in [3.8, 4) is 0 Å². The smallest absolute Gasteiger partial charge is 0.0802 e. The van der Waals surface area contributed by atoms with Gasteiger partial charge in [-0.3, -0.25) is 0 Å². The lowest BCUT2D eigenvalue weighted by Gasteiger charge is -2.32. The Hall–Kier alpha value is -0.900. The lowest BCUT2D eigenvalue weighted by Crippen LogP contribution is -2.37. The molecule has 1 heterocycles. The van der Waals surface area contributed by atoms with Crippen molar-refractivity contribution < 1.29 is 10.2 Å². The maximum Gasteiger partial charge on any atom is 0.0802 e. The zero-order valence-corrected chi connectivity index (χ0v) is 10.8. The van der Waals surface area contributed by atoms with E-state index in [-0.39, 0.29) is 12.7 Å². The van der Waals surface area contributed by atoms with Crippen LogP contribution in [0.1, 0.15) is 30.9 Å². The Morgan fingerprint density at radius 2 is 2.06 bits per heavy atom. The van der Waals surface area contributed by atoms with Gasteiger partial charge >= 0.3 is 0 Å². The van der Waals surface area contributed by atoms with Crippen LogP contribution in [0.3, 0.4) is 0 Å². The monoisotopic (exact) mass is 249 g/mol. The Kier molecular flexibility index (Phi) is 5.17. The van der Waals surface area contributed by atoms with Crippen LogP contribution in [-0.2, 0) is 0 Å². The van der Waals surface area contributed by atoms with Gasteiger partial charge in [0.05, 0.1) is 6.10 Å². The standard InChI is InChI=1S/C15H23NO2/c17-12-13-5-4-9-16(11-13)10-8-15(18)14-6-2-1-3-7-14/h1-3,6-7,13,15,17-18H,4-5,8-12H2/t13?,15-/m1/s1. The van der Waals surface area contributed by atoms with E-state index in [4.69, 9.17) is 0 Å². The molecule has 1 aliphatic heterocycles. The third-order valence-corrected chi connectivity index (χ3v) is 3.76. The van der Waals surface area contributed by atoms with Crippen LogP contribution in [0.4, 0.5) is 0 Å². The molecule has 0 amide bonds. The summed E-state index contributed by atoms with van der Waals surface area (Å²) in [7, 11) is 0. The molecular weight excluding hydrogens is 226 g/mol. The Labute approximate surface area is 109 Å². The molecule has 0 aliphatic carbocycles. The molecule has 2 N–H and O–H groups in total. The lowest BCUT2D eigenvalue weighted by atomic mass is 9.98. The van der Waals surface area contributed by atoms with Crippen LogP contribution in [0.25, 0.3) is 0 Å². The molecule has 0 saturated carbocycles. The molecule has 1 saturated heterocycles. The molecule has 1 aliphatic rings. The summed E-state index contributed by atoms with van der Waals surface area (Å²) in [5.74, 6) is 0.424. The van der Waals surface area contributed by atoms with Crippen molar-refractivity contribution in [2.45, 2.75) is 25.4 Å². The van der Waals surface area contributed by atoms with Crippen molar-refractivity contribution in [1.29, 1.82) is 0 Å². The first-order valence-corrected chi connectivity index (χ1v) is 6.86. The second kappa shape index (κ2) is 6.88. The molecule has 18 heavy (non-hydrogen) atoms. The van der Waals surface area contributed by atoms with E-state index in [1.165, 1.54) is 0 Å². The highest BCUT2D eigenvalue weighted by Crippen LogP contribution is 2.20. The van der Waals surface area contributed by atoms with E-state index in [1.54, 1.807) is 0 Å². The Bertz CT molecular complexity index is 342. The molecule has 0 radical (unpaired) electrons. The van der Waals surface area contributed by atoms with Crippen molar-refractivity contribution in [1.82, 2.24) is 4.90 Å². The van der Waals surface area contributed by atoms with Gasteiger partial charge in [0.2, 0.25) is 0 Å². The van der Waals surface area contributed by atoms with Gasteiger partial charge in [0.1, 0.15) is 0 Å². The number of aliphatic hydroxyl groups excluding tert-OH is 2. The molecule has 2 rings (SSSR count). The minimum Gasteiger partial charge on any atom is -0.396 e. The summed E-state index contributed by atoms with van der Waals surface area (Å²) in [6, 6.07) is 9.82. The van der Waals surface area contributed by atoms with Crippen LogP contribution >= 0.6 is 0 Å². The predicted molar refractivity (Wildman–Crippen MR) is 72.3 cm³/mol. The van der Waals surface area contributed by atoms with Crippen molar-refractivity contribution in [2.24, 2.45) is 5.92 Å². The highest BCUT2D eigenvalue weighted by Gasteiger charge is 2.19. The molecular formula is C15H23NO2. The van der Waals surface area contributed by atoms with Gasteiger partial charge in [0, 0.05) is 19.7 Å². The number of hydrogen-bond acceptors (Lipinski definition) is 3. The molecule has 3 heteroatoms. The summed E-state index contributed by atoms with van der Waals surface area (Å²) in [5, 5.41) is 19.3. The molecule has 1 aromatic carbocycles. The highest BCUT2D eigenvalue weighted by molar-refractivity contribution is 5.17. The van der Waals surface area contributed by atoms with E-state index in [0.29, 0.717) is 5.92 Å². The molecule has 3 nitrogen and oxygen atoms in total. The van der Waals surface area contributed by atoms with Gasteiger partial charge in [0.15, 0.2) is 0 Å². The zero-order chi connectivity index (χ0) is 12.8. The van der Waals surface area contributed by atoms with Crippen LogP contribution in [-0.4, -0.2) is 41.4 Å². The summed E-state index contributed by atoms with van der Waals surface area (Å²) in [5.41, 5.74) is 0.994. The minimum atomic E-state index is -0.374. The first-order valence-electron chi connectivity index (χ1n) is 6.86. The maximum atomic E-state index is 10.1. The Morgan fingerprint density at radius 3 is 2.78 bits per heavy atom. The van der Waals surface area contributed by atoms with E-state index in [0.717, 1.165) is 44.5 Å². The normalized spacial score (nSPS) is 22.9. The van der Waals surface area contributed by atoms with Gasteiger partial charge in [-0.15, -0.1) is 0 Å². The predicted octanol–water partition coefficient (Wildman–Crippen LogP) is 1.81. The second-order valence-corrected chi connectivity index (χ2v) is 5.21. The van der Waals surface area contributed by atoms with E-state index < -0.39 is 0 Å². The van der Waals surface area contributed by atoms with Crippen molar-refractivity contribution >= 4 is 0 Å². The first kappa shape index (κ1) is 13.5. The topological polar surface area (TPSA) is 43.7 Å². The molecule has 100 valence electrons. The van der Waals surface area contributed by atoms with E-state index in [2.05, 4.69) is 4.90 Å². The SMILES string of the molecule is OCC1CCCN(CC[C@@H](O)c2ccccc2)C1. The number of benzene rings is 1. The summed E-state index contributed by atoms with van der Waals surface area (Å²) in [6.45, 7) is 3.26. The van der Waals surface area contributed by atoms with Gasteiger partial charge in [-0.2, -0.15) is 0 Å². The van der Waals surface area contributed by atoms with Gasteiger partial charge < -0.3 is 15.1 Å². The van der Waals surface area contributed by atoms with Gasteiger partial charge in [-0.05, 0) is 37.3 Å². The third kappa shape index (κ3) is 3.80. The lowest BCUT2D eigenvalue weighted by molar-refractivity contribution is 0.0962. The first-order chi connectivity index (χ1) is 8.79. The average Bonchev–Trinajstić information content (AvgIpc) is 2.46. The van der Waals surface area contributed by atoms with Crippen molar-refractivity contribution in [3.05, 3.63) is 35.9 Å². The van der Waals surface area contributed by atoms with Crippen molar-refractivity contribution in [3.63, 3.8) is 0 Å². The van der Waals surface area contributed by atoms with Gasteiger partial charge in [-0.1, -0.05) is 30.3 Å². The number of nitrogens with zero attached hydrogens (tertiary/aromatic N) is 1.